The molecule has 0 saturated carbocycles. The Hall–Kier alpha value is -2.09. The Morgan fingerprint density at radius 3 is 2.86 bits per heavy atom. The summed E-state index contributed by atoms with van der Waals surface area (Å²) < 4.78 is 12.0. The van der Waals surface area contributed by atoms with Gasteiger partial charge in [-0.2, -0.15) is 4.68 Å². The van der Waals surface area contributed by atoms with Crippen molar-refractivity contribution in [3.05, 3.63) is 23.8 Å². The molecule has 0 unspecified atom stereocenters. The summed E-state index contributed by atoms with van der Waals surface area (Å²) in [5.74, 6) is 0.502. The second-order valence-corrected chi connectivity index (χ2v) is 5.82. The van der Waals surface area contributed by atoms with E-state index in [4.69, 9.17) is 9.47 Å². The van der Waals surface area contributed by atoms with Crippen LogP contribution in [0.25, 0.3) is 5.69 Å². The van der Waals surface area contributed by atoms with Crippen LogP contribution in [-0.2, 0) is 9.53 Å². The highest BCUT2D eigenvalue weighted by Gasteiger charge is 2.16. The molecule has 0 N–H and O–H groups in total. The van der Waals surface area contributed by atoms with Gasteiger partial charge < -0.3 is 9.47 Å². The first-order valence-electron chi connectivity index (χ1n) is 6.77. The normalized spacial score (nSPS) is 10.8. The minimum Gasteiger partial charge on any atom is -0.494 e. The number of benzene rings is 1. The number of tetrazole rings is 1. The highest BCUT2D eigenvalue weighted by Crippen LogP contribution is 2.26. The van der Waals surface area contributed by atoms with E-state index in [-0.39, 0.29) is 17.8 Å². The fourth-order valence-corrected chi connectivity index (χ4v) is 2.47. The molecule has 0 spiro atoms. The quantitative estimate of drug-likeness (QED) is 0.594. The van der Waals surface area contributed by atoms with E-state index < -0.39 is 0 Å². The second-order valence-electron chi connectivity index (χ2n) is 4.88. The summed E-state index contributed by atoms with van der Waals surface area (Å²) in [5, 5.41) is 12.1. The molecule has 2 aromatic rings. The minimum atomic E-state index is -0.300. The van der Waals surface area contributed by atoms with E-state index in [9.17, 15) is 4.79 Å². The van der Waals surface area contributed by atoms with Gasteiger partial charge in [0.15, 0.2) is 0 Å². The standard InChI is InChI=1S/C14H18N4O3S/c1-9(2)21-13(19)8-22-14-15-16-17-18(14)11-7-10(3)5-6-12(11)20-4/h5-7,9H,8H2,1-4H3. The lowest BCUT2D eigenvalue weighted by Crippen LogP contribution is -2.13. The van der Waals surface area contributed by atoms with Crippen LogP contribution in [0.5, 0.6) is 5.75 Å². The molecule has 0 amide bonds. The lowest BCUT2D eigenvalue weighted by Gasteiger charge is -2.10. The maximum absolute atomic E-state index is 11.6. The highest BCUT2D eigenvalue weighted by atomic mass is 32.2. The number of ether oxygens (including phenoxy) is 2. The molecule has 7 nitrogen and oxygen atoms in total. The van der Waals surface area contributed by atoms with Gasteiger partial charge >= 0.3 is 5.97 Å². The number of rotatable bonds is 6. The number of carbonyl (C=O) groups excluding carboxylic acids is 1. The molecule has 1 heterocycles. The molecule has 0 fully saturated rings. The molecular formula is C14H18N4O3S. The van der Waals surface area contributed by atoms with Crippen molar-refractivity contribution in [2.75, 3.05) is 12.9 Å². The molecule has 22 heavy (non-hydrogen) atoms. The van der Waals surface area contributed by atoms with Crippen LogP contribution in [0.4, 0.5) is 0 Å². The predicted molar refractivity (Wildman–Crippen MR) is 82.4 cm³/mol. The second kappa shape index (κ2) is 7.26. The van der Waals surface area contributed by atoms with E-state index >= 15 is 0 Å². The lowest BCUT2D eigenvalue weighted by atomic mass is 10.2. The van der Waals surface area contributed by atoms with E-state index in [2.05, 4.69) is 15.5 Å². The van der Waals surface area contributed by atoms with E-state index in [0.717, 1.165) is 11.3 Å². The number of aromatic nitrogens is 4. The number of aryl methyl sites for hydroxylation is 1. The highest BCUT2D eigenvalue weighted by molar-refractivity contribution is 7.99. The van der Waals surface area contributed by atoms with Crippen molar-refractivity contribution < 1.29 is 14.3 Å². The summed E-state index contributed by atoms with van der Waals surface area (Å²) in [7, 11) is 1.59. The smallest absolute Gasteiger partial charge is 0.316 e. The van der Waals surface area contributed by atoms with Gasteiger partial charge in [-0.15, -0.1) is 5.10 Å². The molecule has 0 bridgehead atoms. The van der Waals surface area contributed by atoms with E-state index in [1.54, 1.807) is 11.8 Å². The predicted octanol–water partition coefficient (Wildman–Crippen LogP) is 2.02. The third-order valence-electron chi connectivity index (χ3n) is 2.69. The van der Waals surface area contributed by atoms with Crippen molar-refractivity contribution in [1.82, 2.24) is 20.2 Å². The summed E-state index contributed by atoms with van der Waals surface area (Å²) in [6, 6.07) is 5.72. The number of esters is 1. The Bertz CT molecular complexity index is 657. The Kier molecular flexibility index (Phi) is 5.37. The summed E-state index contributed by atoms with van der Waals surface area (Å²) in [6.07, 6.45) is -0.138. The van der Waals surface area contributed by atoms with Crippen molar-refractivity contribution in [2.45, 2.75) is 32.0 Å². The molecule has 0 radical (unpaired) electrons. The number of hydrogen-bond acceptors (Lipinski definition) is 7. The molecule has 118 valence electrons. The Morgan fingerprint density at radius 2 is 2.18 bits per heavy atom. The molecular weight excluding hydrogens is 304 g/mol. The largest absolute Gasteiger partial charge is 0.494 e. The fraction of sp³-hybridized carbons (Fsp3) is 0.429. The zero-order valence-electron chi connectivity index (χ0n) is 12.9. The van der Waals surface area contributed by atoms with Gasteiger partial charge in [0.05, 0.1) is 19.0 Å². The molecule has 0 atom stereocenters. The number of nitrogens with zero attached hydrogens (tertiary/aromatic N) is 4. The van der Waals surface area contributed by atoms with Gasteiger partial charge in [0.2, 0.25) is 5.16 Å². The van der Waals surface area contributed by atoms with Crippen molar-refractivity contribution in [3.8, 4) is 11.4 Å². The topological polar surface area (TPSA) is 79.1 Å². The SMILES string of the molecule is COc1ccc(C)cc1-n1nnnc1SCC(=O)OC(C)C. The van der Waals surface area contributed by atoms with E-state index in [1.165, 1.54) is 11.8 Å². The van der Waals surface area contributed by atoms with Crippen LogP contribution in [-0.4, -0.2) is 45.1 Å². The number of thioether (sulfide) groups is 1. The molecule has 1 aromatic heterocycles. The Balaban J connectivity index is 2.19. The fourth-order valence-electron chi connectivity index (χ4n) is 1.81. The van der Waals surface area contributed by atoms with Crippen LogP contribution in [0.3, 0.4) is 0 Å². The van der Waals surface area contributed by atoms with Crippen LogP contribution >= 0.6 is 11.8 Å². The Morgan fingerprint density at radius 1 is 1.41 bits per heavy atom. The third-order valence-corrected chi connectivity index (χ3v) is 3.58. The maximum Gasteiger partial charge on any atom is 0.316 e. The third kappa shape index (κ3) is 3.97. The van der Waals surface area contributed by atoms with Gasteiger partial charge in [-0.25, -0.2) is 0 Å². The number of hydrogen-bond donors (Lipinski definition) is 0. The minimum absolute atomic E-state index is 0.138. The molecule has 1 aromatic carbocycles. The van der Waals surface area contributed by atoms with Crippen LogP contribution in [0, 0.1) is 6.92 Å². The average Bonchev–Trinajstić information content (AvgIpc) is 2.92. The van der Waals surface area contributed by atoms with Crippen molar-refractivity contribution in [1.29, 1.82) is 0 Å². The molecule has 0 aliphatic heterocycles. The molecule has 2 rings (SSSR count). The number of carbonyl (C=O) groups is 1. The molecule has 0 aliphatic carbocycles. The lowest BCUT2D eigenvalue weighted by molar-refractivity contribution is -0.144. The van der Waals surface area contributed by atoms with Gasteiger partial charge in [0, 0.05) is 0 Å². The zero-order chi connectivity index (χ0) is 16.1. The van der Waals surface area contributed by atoms with E-state index in [0.29, 0.717) is 10.9 Å². The van der Waals surface area contributed by atoms with Crippen LogP contribution in [0.2, 0.25) is 0 Å². The first-order chi connectivity index (χ1) is 10.5. The van der Waals surface area contributed by atoms with Gasteiger partial charge in [0.1, 0.15) is 11.4 Å². The zero-order valence-corrected chi connectivity index (χ0v) is 13.8. The molecule has 8 heteroatoms. The molecule has 0 aliphatic rings. The summed E-state index contributed by atoms with van der Waals surface area (Å²) in [5.41, 5.74) is 1.79. The maximum atomic E-state index is 11.6. The average molecular weight is 322 g/mol. The van der Waals surface area contributed by atoms with Crippen molar-refractivity contribution in [3.63, 3.8) is 0 Å². The van der Waals surface area contributed by atoms with Gasteiger partial charge in [-0.1, -0.05) is 17.8 Å². The van der Waals surface area contributed by atoms with Crippen LogP contribution in [0.1, 0.15) is 19.4 Å². The number of methoxy groups -OCH3 is 1. The summed E-state index contributed by atoms with van der Waals surface area (Å²) in [6.45, 7) is 5.59. The van der Waals surface area contributed by atoms with Crippen molar-refractivity contribution >= 4 is 17.7 Å². The van der Waals surface area contributed by atoms with Crippen molar-refractivity contribution in [2.24, 2.45) is 0 Å². The monoisotopic (exact) mass is 322 g/mol. The van der Waals surface area contributed by atoms with Crippen LogP contribution < -0.4 is 4.74 Å². The molecule has 0 saturated heterocycles. The summed E-state index contributed by atoms with van der Waals surface area (Å²) in [4.78, 5) is 11.6. The first-order valence-corrected chi connectivity index (χ1v) is 7.75. The first kappa shape index (κ1) is 16.3. The van der Waals surface area contributed by atoms with Gasteiger partial charge in [0.25, 0.3) is 0 Å². The van der Waals surface area contributed by atoms with Crippen LogP contribution in [0.15, 0.2) is 23.4 Å². The van der Waals surface area contributed by atoms with Gasteiger partial charge in [-0.3, -0.25) is 4.79 Å². The Labute approximate surface area is 133 Å². The summed E-state index contributed by atoms with van der Waals surface area (Å²) >= 11 is 1.22. The van der Waals surface area contributed by atoms with Gasteiger partial charge in [-0.05, 0) is 48.9 Å². The van der Waals surface area contributed by atoms with E-state index in [1.807, 2.05) is 39.0 Å².